The number of carbonyl (C=O) groups is 2. The first-order chi connectivity index (χ1) is 15.2. The molecule has 4 rings (SSSR count). The van der Waals surface area contributed by atoms with Crippen molar-refractivity contribution in [2.75, 3.05) is 7.11 Å². The second-order valence-corrected chi connectivity index (χ2v) is 7.29. The molecule has 0 aliphatic heterocycles. The van der Waals surface area contributed by atoms with Crippen LogP contribution in [0.3, 0.4) is 0 Å². The van der Waals surface area contributed by atoms with Gasteiger partial charge in [0.2, 0.25) is 0 Å². The summed E-state index contributed by atoms with van der Waals surface area (Å²) in [5.74, 6) is -0.771. The van der Waals surface area contributed by atoms with E-state index in [1.54, 1.807) is 0 Å². The van der Waals surface area contributed by atoms with Gasteiger partial charge in [-0.1, -0.05) is 91.0 Å². The number of nitrogens with one attached hydrogen (secondary N) is 1. The van der Waals surface area contributed by atoms with E-state index in [1.165, 1.54) is 7.11 Å². The lowest BCUT2D eigenvalue weighted by Crippen LogP contribution is -2.41. The van der Waals surface area contributed by atoms with E-state index in [4.69, 9.17) is 4.74 Å². The van der Waals surface area contributed by atoms with Crippen LogP contribution in [-0.2, 0) is 9.53 Å². The SMILES string of the molecule is COC(=O)[C@@H](C/C=C/c1ccccc1)NC(=O)c1c2ccccc2cc2ccccc12. The van der Waals surface area contributed by atoms with Crippen molar-refractivity contribution in [1.29, 1.82) is 0 Å². The average molecular weight is 409 g/mol. The molecule has 1 atom stereocenters. The quantitative estimate of drug-likeness (QED) is 0.344. The molecule has 4 nitrogen and oxygen atoms in total. The zero-order valence-corrected chi connectivity index (χ0v) is 17.2. The third-order valence-electron chi connectivity index (χ3n) is 5.27. The van der Waals surface area contributed by atoms with Crippen molar-refractivity contribution in [3.63, 3.8) is 0 Å². The molecule has 31 heavy (non-hydrogen) atoms. The van der Waals surface area contributed by atoms with E-state index < -0.39 is 12.0 Å². The molecule has 0 heterocycles. The molecule has 0 aliphatic carbocycles. The third kappa shape index (κ3) is 4.48. The molecule has 4 aromatic carbocycles. The number of amides is 1. The van der Waals surface area contributed by atoms with Gasteiger partial charge in [-0.3, -0.25) is 4.79 Å². The van der Waals surface area contributed by atoms with Crippen molar-refractivity contribution in [3.8, 4) is 0 Å². The van der Waals surface area contributed by atoms with E-state index in [2.05, 4.69) is 11.4 Å². The van der Waals surface area contributed by atoms with Gasteiger partial charge in [0.1, 0.15) is 6.04 Å². The normalized spacial score (nSPS) is 12.2. The van der Waals surface area contributed by atoms with Crippen LogP contribution in [0.5, 0.6) is 0 Å². The maximum Gasteiger partial charge on any atom is 0.328 e. The number of methoxy groups -OCH3 is 1. The Morgan fingerprint density at radius 3 is 2.06 bits per heavy atom. The Balaban J connectivity index is 1.66. The number of ether oxygens (including phenoxy) is 1. The van der Waals surface area contributed by atoms with Gasteiger partial charge >= 0.3 is 5.97 Å². The van der Waals surface area contributed by atoms with Crippen LogP contribution >= 0.6 is 0 Å². The van der Waals surface area contributed by atoms with Crippen LogP contribution in [0.25, 0.3) is 27.6 Å². The zero-order chi connectivity index (χ0) is 21.6. The first-order valence-electron chi connectivity index (χ1n) is 10.2. The molecule has 0 saturated heterocycles. The largest absolute Gasteiger partial charge is 0.467 e. The molecular weight excluding hydrogens is 386 g/mol. The molecule has 0 saturated carbocycles. The fraction of sp³-hybridized carbons (Fsp3) is 0.111. The second kappa shape index (κ2) is 9.26. The Kier molecular flexibility index (Phi) is 6.08. The average Bonchev–Trinajstić information content (AvgIpc) is 2.81. The van der Waals surface area contributed by atoms with Crippen molar-refractivity contribution in [3.05, 3.63) is 102 Å². The molecular formula is C27H23NO3. The lowest BCUT2D eigenvalue weighted by molar-refractivity contribution is -0.142. The van der Waals surface area contributed by atoms with Gasteiger partial charge in [0, 0.05) is 0 Å². The summed E-state index contributed by atoms with van der Waals surface area (Å²) < 4.78 is 4.94. The molecule has 1 N–H and O–H groups in total. The van der Waals surface area contributed by atoms with Crippen LogP contribution in [0.4, 0.5) is 0 Å². The smallest absolute Gasteiger partial charge is 0.328 e. The van der Waals surface area contributed by atoms with Crippen LogP contribution < -0.4 is 5.32 Å². The number of esters is 1. The summed E-state index contributed by atoms with van der Waals surface area (Å²) in [6.45, 7) is 0. The van der Waals surface area contributed by atoms with Gasteiger partial charge in [0.25, 0.3) is 5.91 Å². The Morgan fingerprint density at radius 2 is 1.45 bits per heavy atom. The topological polar surface area (TPSA) is 55.4 Å². The molecule has 154 valence electrons. The summed E-state index contributed by atoms with van der Waals surface area (Å²) in [6, 6.07) is 26.6. The second-order valence-electron chi connectivity index (χ2n) is 7.29. The van der Waals surface area contributed by atoms with Crippen LogP contribution in [0.1, 0.15) is 22.3 Å². The predicted molar refractivity (Wildman–Crippen MR) is 125 cm³/mol. The van der Waals surface area contributed by atoms with Crippen molar-refractivity contribution >= 4 is 39.5 Å². The fourth-order valence-corrected chi connectivity index (χ4v) is 3.75. The summed E-state index contributed by atoms with van der Waals surface area (Å²) in [6.07, 6.45) is 4.13. The van der Waals surface area contributed by atoms with Gasteiger partial charge in [-0.25, -0.2) is 4.79 Å². The van der Waals surface area contributed by atoms with Crippen LogP contribution in [0.15, 0.2) is 91.0 Å². The number of hydrogen-bond acceptors (Lipinski definition) is 3. The summed E-state index contributed by atoms with van der Waals surface area (Å²) in [7, 11) is 1.33. The minimum Gasteiger partial charge on any atom is -0.467 e. The molecule has 0 radical (unpaired) electrons. The molecule has 0 spiro atoms. The molecule has 1 amide bonds. The molecule has 4 heteroatoms. The Morgan fingerprint density at radius 1 is 0.871 bits per heavy atom. The number of benzene rings is 4. The van der Waals surface area contributed by atoms with E-state index >= 15 is 0 Å². The number of rotatable bonds is 6. The van der Waals surface area contributed by atoms with Crippen LogP contribution in [0, 0.1) is 0 Å². The standard InChI is InChI=1S/C27H23NO3/c1-31-27(30)24(17-9-12-19-10-3-2-4-11-19)28-26(29)25-22-15-7-5-13-20(22)18-21-14-6-8-16-23(21)25/h2-16,18,24H,17H2,1H3,(H,28,29)/b12-9+/t24-/m1/s1. The lowest BCUT2D eigenvalue weighted by Gasteiger charge is -2.17. The van der Waals surface area contributed by atoms with Gasteiger partial charge in [0.05, 0.1) is 12.7 Å². The van der Waals surface area contributed by atoms with E-state index in [-0.39, 0.29) is 5.91 Å². The summed E-state index contributed by atoms with van der Waals surface area (Å²) in [5, 5.41) is 6.54. The van der Waals surface area contributed by atoms with Crippen molar-refractivity contribution in [2.45, 2.75) is 12.5 Å². The number of fused-ring (bicyclic) bond motifs is 2. The lowest BCUT2D eigenvalue weighted by atomic mass is 9.96. The molecule has 4 aromatic rings. The van der Waals surface area contributed by atoms with Gasteiger partial charge in [0.15, 0.2) is 0 Å². The van der Waals surface area contributed by atoms with Crippen LogP contribution in [-0.4, -0.2) is 25.0 Å². The highest BCUT2D eigenvalue weighted by Gasteiger charge is 2.23. The van der Waals surface area contributed by atoms with Gasteiger partial charge in [-0.2, -0.15) is 0 Å². The Labute approximate surface area is 181 Å². The minimum atomic E-state index is -0.782. The van der Waals surface area contributed by atoms with Gasteiger partial charge in [-0.05, 0) is 39.6 Å². The van der Waals surface area contributed by atoms with Gasteiger partial charge < -0.3 is 10.1 Å². The maximum absolute atomic E-state index is 13.4. The Hall–Kier alpha value is -3.92. The molecule has 0 bridgehead atoms. The first-order valence-corrected chi connectivity index (χ1v) is 10.2. The summed E-state index contributed by atoms with van der Waals surface area (Å²) >= 11 is 0. The predicted octanol–water partition coefficient (Wildman–Crippen LogP) is 5.37. The molecule has 0 fully saturated rings. The van der Waals surface area contributed by atoms with E-state index in [1.807, 2.05) is 91.0 Å². The highest BCUT2D eigenvalue weighted by Crippen LogP contribution is 2.28. The number of hydrogen-bond donors (Lipinski definition) is 1. The maximum atomic E-state index is 13.4. The van der Waals surface area contributed by atoms with Crippen molar-refractivity contribution in [2.24, 2.45) is 0 Å². The summed E-state index contributed by atoms with van der Waals surface area (Å²) in [4.78, 5) is 25.8. The molecule has 0 aromatic heterocycles. The third-order valence-corrected chi connectivity index (χ3v) is 5.27. The van der Waals surface area contributed by atoms with E-state index in [0.29, 0.717) is 12.0 Å². The minimum absolute atomic E-state index is 0.295. The Bertz CT molecular complexity index is 1210. The molecule has 0 aliphatic rings. The highest BCUT2D eigenvalue weighted by molar-refractivity contribution is 6.18. The zero-order valence-electron chi connectivity index (χ0n) is 17.2. The van der Waals surface area contributed by atoms with Crippen molar-refractivity contribution in [1.82, 2.24) is 5.32 Å². The van der Waals surface area contributed by atoms with Gasteiger partial charge in [-0.15, -0.1) is 0 Å². The summed E-state index contributed by atoms with van der Waals surface area (Å²) in [5.41, 5.74) is 1.59. The fourth-order valence-electron chi connectivity index (χ4n) is 3.75. The van der Waals surface area contributed by atoms with Crippen LogP contribution in [0.2, 0.25) is 0 Å². The number of carbonyl (C=O) groups excluding carboxylic acids is 2. The molecule has 0 unspecified atom stereocenters. The van der Waals surface area contributed by atoms with E-state index in [9.17, 15) is 9.59 Å². The highest BCUT2D eigenvalue weighted by atomic mass is 16.5. The van der Waals surface area contributed by atoms with Crippen molar-refractivity contribution < 1.29 is 14.3 Å². The first kappa shape index (κ1) is 20.4. The van der Waals surface area contributed by atoms with E-state index in [0.717, 1.165) is 27.1 Å². The monoisotopic (exact) mass is 409 g/mol.